The third kappa shape index (κ3) is 2.27. The third-order valence-electron chi connectivity index (χ3n) is 2.57. The molecule has 2 heterocycles. The van der Waals surface area contributed by atoms with Gasteiger partial charge < -0.3 is 0 Å². The normalized spacial score (nSPS) is 24.7. The second-order valence-electron chi connectivity index (χ2n) is 3.62. The average Bonchev–Trinajstić information content (AvgIpc) is 2.85. The summed E-state index contributed by atoms with van der Waals surface area (Å²) in [5.74, 6) is 0.607. The van der Waals surface area contributed by atoms with Crippen LogP contribution in [-0.2, 0) is 25.4 Å². The molecule has 0 bridgehead atoms. The molecule has 0 spiro atoms. The summed E-state index contributed by atoms with van der Waals surface area (Å²) in [7, 11) is 0. The molecule has 2 rings (SSSR count). The molecule has 0 aromatic carbocycles. The van der Waals surface area contributed by atoms with Crippen molar-refractivity contribution < 1.29 is 29.8 Å². The van der Waals surface area contributed by atoms with Gasteiger partial charge in [-0.1, -0.05) is 0 Å². The Morgan fingerprint density at radius 3 is 3.19 bits per heavy atom. The van der Waals surface area contributed by atoms with Crippen LogP contribution in [0.5, 0.6) is 0 Å². The molecule has 5 heteroatoms. The van der Waals surface area contributed by atoms with Gasteiger partial charge in [-0.15, -0.1) is 0 Å². The predicted octanol–water partition coefficient (Wildman–Crippen LogP) is 0.965. The summed E-state index contributed by atoms with van der Waals surface area (Å²) in [6.07, 6.45) is 2.38. The molecule has 86 valence electrons. The Bertz CT molecular complexity index is 388. The Morgan fingerprint density at radius 1 is 1.75 bits per heavy atom. The van der Waals surface area contributed by atoms with Crippen molar-refractivity contribution >= 4 is 10.5 Å². The standard InChI is InChI=1S/C11H13NO3.Cr/c1-2-14-11(13)10-8(5-6-12-10)9-4-3-7-15-9;/h3-4,7-8,10,12H,2,5H2,1H3;/t8-,10+;/m0./s1. The summed E-state index contributed by atoms with van der Waals surface area (Å²) in [6, 6.07) is 3.37. The second kappa shape index (κ2) is 4.96. The maximum atomic E-state index is 11.7. The fraction of sp³-hybridized carbons (Fsp3) is 0.455. The van der Waals surface area contributed by atoms with E-state index in [9.17, 15) is 4.79 Å². The first-order valence-electron chi connectivity index (χ1n) is 5.21. The minimum atomic E-state index is -0.345. The number of esters is 1. The van der Waals surface area contributed by atoms with E-state index in [0.29, 0.717) is 6.61 Å². The van der Waals surface area contributed by atoms with Crippen LogP contribution in [0.15, 0.2) is 22.8 Å². The van der Waals surface area contributed by atoms with E-state index in [1.165, 1.54) is 0 Å². The molecule has 0 aliphatic carbocycles. The van der Waals surface area contributed by atoms with Gasteiger partial charge >= 0.3 is 102 Å². The first-order chi connectivity index (χ1) is 7.72. The number of rotatable bonds is 3. The summed E-state index contributed by atoms with van der Waals surface area (Å²) in [4.78, 5) is 11.7. The monoisotopic (exact) mass is 259 g/mol. The Kier molecular flexibility index (Phi) is 3.60. The first-order valence-corrected chi connectivity index (χ1v) is 5.85. The summed E-state index contributed by atoms with van der Waals surface area (Å²) < 4.78 is 11.4. The zero-order valence-electron chi connectivity index (χ0n) is 8.93. The van der Waals surface area contributed by atoms with Crippen molar-refractivity contribution in [1.29, 1.82) is 0 Å². The molecule has 0 radical (unpaired) electrons. The molecule has 1 aliphatic rings. The quantitative estimate of drug-likeness (QED) is 0.822. The van der Waals surface area contributed by atoms with E-state index in [1.807, 2.05) is 12.1 Å². The van der Waals surface area contributed by atoms with Crippen molar-refractivity contribution in [2.24, 2.45) is 0 Å². The van der Waals surface area contributed by atoms with Crippen molar-refractivity contribution in [3.63, 3.8) is 0 Å². The summed E-state index contributed by atoms with van der Waals surface area (Å²) in [6.45, 7) is 2.20. The molecule has 1 N–H and O–H groups in total. The van der Waals surface area contributed by atoms with Crippen LogP contribution >= 0.6 is 0 Å². The molecule has 1 saturated heterocycles. The van der Waals surface area contributed by atoms with Crippen LogP contribution < -0.4 is 5.32 Å². The number of carbonyl (C=O) groups excluding carboxylic acids is 1. The molecule has 1 aliphatic heterocycles. The molecule has 1 aromatic heterocycles. The Hall–Kier alpha value is -0.888. The zero-order valence-corrected chi connectivity index (χ0v) is 10.2. The summed E-state index contributed by atoms with van der Waals surface area (Å²) >= 11 is 2.91. The number of hydrogen-bond acceptors (Lipinski definition) is 4. The minimum absolute atomic E-state index is 0.0188. The maximum absolute atomic E-state index is 11.7. The van der Waals surface area contributed by atoms with E-state index in [4.69, 9.17) is 9.15 Å². The van der Waals surface area contributed by atoms with Gasteiger partial charge in [-0.2, -0.15) is 0 Å². The van der Waals surface area contributed by atoms with Crippen LogP contribution in [-0.4, -0.2) is 23.1 Å². The van der Waals surface area contributed by atoms with E-state index in [1.54, 1.807) is 13.2 Å². The average molecular weight is 259 g/mol. The number of furan rings is 1. The van der Waals surface area contributed by atoms with Crippen LogP contribution in [0.1, 0.15) is 25.0 Å². The Morgan fingerprint density at radius 2 is 2.56 bits per heavy atom. The number of hydrogen-bond donors (Lipinski definition) is 1. The van der Waals surface area contributed by atoms with Crippen LogP contribution in [0.2, 0.25) is 0 Å². The molecule has 0 unspecified atom stereocenters. The fourth-order valence-corrected chi connectivity index (χ4v) is 2.35. The number of ether oxygens (including phenoxy) is 1. The SMILES string of the molecule is CCOC(=O)[C@@H]1N[C](=[Cr])C[C@H]1c1ccco1. The van der Waals surface area contributed by atoms with Crippen LogP contribution in [0, 0.1) is 0 Å². The van der Waals surface area contributed by atoms with Crippen molar-refractivity contribution in [1.82, 2.24) is 5.32 Å². The van der Waals surface area contributed by atoms with Gasteiger partial charge in [0.2, 0.25) is 0 Å². The molecule has 2 atom stereocenters. The third-order valence-corrected chi connectivity index (χ3v) is 3.02. The zero-order chi connectivity index (χ0) is 11.5. The van der Waals surface area contributed by atoms with E-state index in [0.717, 1.165) is 16.7 Å². The number of nitrogens with one attached hydrogen (secondary N) is 1. The molecular formula is C11H13CrNO3. The first kappa shape index (κ1) is 11.6. The van der Waals surface area contributed by atoms with E-state index < -0.39 is 0 Å². The van der Waals surface area contributed by atoms with Gasteiger partial charge in [-0.05, 0) is 0 Å². The fourth-order valence-electron chi connectivity index (χ4n) is 1.87. The molecule has 0 saturated carbocycles. The van der Waals surface area contributed by atoms with Gasteiger partial charge in [0.15, 0.2) is 0 Å². The van der Waals surface area contributed by atoms with Crippen molar-refractivity contribution in [2.45, 2.75) is 25.3 Å². The molecular weight excluding hydrogens is 246 g/mol. The Labute approximate surface area is 102 Å². The predicted molar refractivity (Wildman–Crippen MR) is 54.6 cm³/mol. The molecule has 1 aromatic rings. The van der Waals surface area contributed by atoms with Crippen molar-refractivity contribution in [3.05, 3.63) is 24.2 Å². The summed E-state index contributed by atoms with van der Waals surface area (Å²) in [5, 5.41) is 3.10. The van der Waals surface area contributed by atoms with Crippen LogP contribution in [0.25, 0.3) is 0 Å². The molecule has 0 amide bonds. The van der Waals surface area contributed by atoms with Gasteiger partial charge in [0.1, 0.15) is 0 Å². The van der Waals surface area contributed by atoms with Gasteiger partial charge in [0.05, 0.1) is 0 Å². The van der Waals surface area contributed by atoms with Crippen molar-refractivity contribution in [2.75, 3.05) is 6.61 Å². The van der Waals surface area contributed by atoms with E-state index >= 15 is 0 Å². The topological polar surface area (TPSA) is 51.5 Å². The van der Waals surface area contributed by atoms with Gasteiger partial charge in [0.25, 0.3) is 0 Å². The van der Waals surface area contributed by atoms with Gasteiger partial charge in [-0.3, -0.25) is 0 Å². The Balaban J connectivity index is 2.16. The van der Waals surface area contributed by atoms with E-state index in [2.05, 4.69) is 21.2 Å². The summed E-state index contributed by atoms with van der Waals surface area (Å²) in [5.41, 5.74) is 0. The van der Waals surface area contributed by atoms with E-state index in [-0.39, 0.29) is 17.9 Å². The molecule has 16 heavy (non-hydrogen) atoms. The van der Waals surface area contributed by atoms with Crippen molar-refractivity contribution in [3.8, 4) is 0 Å². The van der Waals surface area contributed by atoms with Gasteiger partial charge in [-0.25, -0.2) is 0 Å². The molecule has 4 nitrogen and oxygen atoms in total. The van der Waals surface area contributed by atoms with Gasteiger partial charge in [0, 0.05) is 0 Å². The van der Waals surface area contributed by atoms with Crippen LogP contribution in [0.3, 0.4) is 0 Å². The molecule has 1 fully saturated rings. The van der Waals surface area contributed by atoms with Crippen LogP contribution in [0.4, 0.5) is 0 Å². The second-order valence-corrected chi connectivity index (χ2v) is 4.39. The number of carbonyl (C=O) groups is 1.